The third-order valence-electron chi connectivity index (χ3n) is 2.47. The minimum Gasteiger partial charge on any atom is -0.508 e. The normalized spacial score (nSPS) is 10.5. The third kappa shape index (κ3) is 3.39. The van der Waals surface area contributed by atoms with Gasteiger partial charge in [-0.05, 0) is 64.9 Å². The second-order valence-electron chi connectivity index (χ2n) is 3.71. The molecule has 0 saturated heterocycles. The van der Waals surface area contributed by atoms with Crippen LogP contribution in [0.2, 0.25) is 0 Å². The topological polar surface area (TPSA) is 20.2 Å². The molecule has 2 aromatic rings. The summed E-state index contributed by atoms with van der Waals surface area (Å²) in [6.07, 6.45) is 1.07. The Morgan fingerprint density at radius 2 is 1.82 bits per heavy atom. The summed E-state index contributed by atoms with van der Waals surface area (Å²) in [7, 11) is 0. The molecule has 17 heavy (non-hydrogen) atoms. The van der Waals surface area contributed by atoms with Gasteiger partial charge < -0.3 is 5.11 Å². The molecule has 0 atom stereocenters. The Labute approximate surface area is 119 Å². The van der Waals surface area contributed by atoms with Gasteiger partial charge >= 0.3 is 0 Å². The summed E-state index contributed by atoms with van der Waals surface area (Å²) >= 11 is 3.97. The van der Waals surface area contributed by atoms with E-state index in [0.29, 0.717) is 5.75 Å². The van der Waals surface area contributed by atoms with Crippen LogP contribution in [0.4, 0.5) is 0 Å². The summed E-state index contributed by atoms with van der Waals surface area (Å²) in [5.41, 5.74) is 1.36. The summed E-state index contributed by atoms with van der Waals surface area (Å²) in [6.45, 7) is 2.16. The van der Waals surface area contributed by atoms with E-state index < -0.39 is 0 Å². The van der Waals surface area contributed by atoms with Gasteiger partial charge in [0.1, 0.15) is 5.75 Å². The first-order valence-electron chi connectivity index (χ1n) is 5.44. The van der Waals surface area contributed by atoms with Crippen LogP contribution in [0, 0.1) is 3.57 Å². The molecule has 1 N–H and O–H groups in total. The molecule has 2 aromatic carbocycles. The average Bonchev–Trinajstić information content (AvgIpc) is 2.34. The highest BCUT2D eigenvalue weighted by molar-refractivity contribution is 14.1. The third-order valence-corrected chi connectivity index (χ3v) is 4.82. The fraction of sp³-hybridized carbons (Fsp3) is 0.143. The first-order valence-corrected chi connectivity index (χ1v) is 7.34. The molecule has 0 aromatic heterocycles. The van der Waals surface area contributed by atoms with Gasteiger partial charge in [-0.2, -0.15) is 0 Å². The SMILES string of the molecule is CCc1ccc(Sc2ccc(O)cc2I)cc1. The molecule has 0 fully saturated rings. The Kier molecular flexibility index (Phi) is 4.34. The quantitative estimate of drug-likeness (QED) is 0.804. The predicted molar refractivity (Wildman–Crippen MR) is 80.8 cm³/mol. The fourth-order valence-corrected chi connectivity index (χ4v) is 3.14. The highest BCUT2D eigenvalue weighted by Crippen LogP contribution is 2.33. The molecule has 0 amide bonds. The minimum atomic E-state index is 0.320. The lowest BCUT2D eigenvalue weighted by Crippen LogP contribution is -1.81. The van der Waals surface area contributed by atoms with Crippen molar-refractivity contribution >= 4 is 34.4 Å². The van der Waals surface area contributed by atoms with Crippen LogP contribution >= 0.6 is 34.4 Å². The monoisotopic (exact) mass is 356 g/mol. The zero-order valence-electron chi connectivity index (χ0n) is 9.48. The van der Waals surface area contributed by atoms with E-state index in [2.05, 4.69) is 53.8 Å². The van der Waals surface area contributed by atoms with Gasteiger partial charge in [0.2, 0.25) is 0 Å². The summed E-state index contributed by atoms with van der Waals surface area (Å²) < 4.78 is 1.08. The molecule has 0 unspecified atom stereocenters. The fourth-order valence-electron chi connectivity index (χ4n) is 1.49. The average molecular weight is 356 g/mol. The van der Waals surface area contributed by atoms with Gasteiger partial charge in [-0.25, -0.2) is 0 Å². The highest BCUT2D eigenvalue weighted by Gasteiger charge is 2.03. The first-order chi connectivity index (χ1) is 8.19. The zero-order valence-corrected chi connectivity index (χ0v) is 12.5. The summed E-state index contributed by atoms with van der Waals surface area (Å²) in [5.74, 6) is 0.320. The molecular weight excluding hydrogens is 343 g/mol. The largest absolute Gasteiger partial charge is 0.508 e. The van der Waals surface area contributed by atoms with E-state index in [0.717, 1.165) is 9.99 Å². The standard InChI is InChI=1S/C14H13IOS/c1-2-10-3-6-12(7-4-10)17-14-8-5-11(16)9-13(14)15/h3-9,16H,2H2,1H3. The smallest absolute Gasteiger partial charge is 0.116 e. The first kappa shape index (κ1) is 12.8. The van der Waals surface area contributed by atoms with Crippen LogP contribution < -0.4 is 0 Å². The second-order valence-corrected chi connectivity index (χ2v) is 5.99. The lowest BCUT2D eigenvalue weighted by molar-refractivity contribution is 0.474. The number of aromatic hydroxyl groups is 1. The van der Waals surface area contributed by atoms with Gasteiger partial charge in [0, 0.05) is 13.4 Å². The molecule has 2 rings (SSSR count). The Morgan fingerprint density at radius 3 is 2.41 bits per heavy atom. The molecule has 88 valence electrons. The van der Waals surface area contributed by atoms with Gasteiger partial charge in [0.05, 0.1) is 0 Å². The van der Waals surface area contributed by atoms with Gasteiger partial charge in [0.15, 0.2) is 0 Å². The lowest BCUT2D eigenvalue weighted by atomic mass is 10.2. The van der Waals surface area contributed by atoms with Crippen LogP contribution in [0.15, 0.2) is 52.3 Å². The van der Waals surface area contributed by atoms with Gasteiger partial charge in [-0.1, -0.05) is 30.8 Å². The van der Waals surface area contributed by atoms with Crippen molar-refractivity contribution in [3.63, 3.8) is 0 Å². The van der Waals surface area contributed by atoms with E-state index in [9.17, 15) is 5.11 Å². The molecular formula is C14H13IOS. The molecule has 0 heterocycles. The minimum absolute atomic E-state index is 0.320. The van der Waals surface area contributed by atoms with Crippen molar-refractivity contribution in [3.05, 3.63) is 51.6 Å². The molecule has 0 radical (unpaired) electrons. The van der Waals surface area contributed by atoms with Crippen LogP contribution in [0.25, 0.3) is 0 Å². The Balaban J connectivity index is 2.19. The van der Waals surface area contributed by atoms with Crippen molar-refractivity contribution in [1.29, 1.82) is 0 Å². The number of phenolic OH excluding ortho intramolecular Hbond substituents is 1. The molecule has 0 bridgehead atoms. The molecule has 1 nitrogen and oxygen atoms in total. The van der Waals surface area contributed by atoms with Gasteiger partial charge in [0.25, 0.3) is 0 Å². The number of phenols is 1. The van der Waals surface area contributed by atoms with E-state index in [1.165, 1.54) is 15.4 Å². The van der Waals surface area contributed by atoms with E-state index in [1.54, 1.807) is 23.9 Å². The summed E-state index contributed by atoms with van der Waals surface area (Å²) in [6, 6.07) is 14.1. The van der Waals surface area contributed by atoms with Crippen LogP contribution in [-0.2, 0) is 6.42 Å². The number of halogens is 1. The second kappa shape index (κ2) is 5.78. The molecule has 3 heteroatoms. The number of rotatable bonds is 3. The maximum Gasteiger partial charge on any atom is 0.116 e. The Hall–Kier alpha value is -0.680. The Morgan fingerprint density at radius 1 is 1.12 bits per heavy atom. The van der Waals surface area contributed by atoms with Crippen LogP contribution in [0.5, 0.6) is 5.75 Å². The van der Waals surface area contributed by atoms with Crippen LogP contribution in [-0.4, -0.2) is 5.11 Å². The van der Waals surface area contributed by atoms with Crippen molar-refractivity contribution in [2.75, 3.05) is 0 Å². The van der Waals surface area contributed by atoms with Gasteiger partial charge in [-0.3, -0.25) is 0 Å². The van der Waals surface area contributed by atoms with E-state index in [1.807, 2.05) is 6.07 Å². The molecule has 0 aliphatic heterocycles. The number of hydrogen-bond acceptors (Lipinski definition) is 2. The number of benzene rings is 2. The van der Waals surface area contributed by atoms with E-state index in [4.69, 9.17) is 0 Å². The van der Waals surface area contributed by atoms with Crippen molar-refractivity contribution in [2.24, 2.45) is 0 Å². The maximum atomic E-state index is 9.36. The van der Waals surface area contributed by atoms with E-state index in [-0.39, 0.29) is 0 Å². The van der Waals surface area contributed by atoms with Crippen molar-refractivity contribution in [2.45, 2.75) is 23.1 Å². The Bertz CT molecular complexity index is 508. The van der Waals surface area contributed by atoms with Crippen molar-refractivity contribution < 1.29 is 5.11 Å². The van der Waals surface area contributed by atoms with Crippen molar-refractivity contribution in [1.82, 2.24) is 0 Å². The predicted octanol–water partition coefficient (Wildman–Crippen LogP) is 4.71. The molecule has 0 saturated carbocycles. The highest BCUT2D eigenvalue weighted by atomic mass is 127. The molecule has 0 aliphatic rings. The number of aryl methyl sites for hydroxylation is 1. The van der Waals surface area contributed by atoms with Crippen LogP contribution in [0.1, 0.15) is 12.5 Å². The molecule has 0 spiro atoms. The van der Waals surface area contributed by atoms with E-state index >= 15 is 0 Å². The number of hydrogen-bond donors (Lipinski definition) is 1. The molecule has 0 aliphatic carbocycles. The summed E-state index contributed by atoms with van der Waals surface area (Å²) in [5, 5.41) is 9.36. The zero-order chi connectivity index (χ0) is 12.3. The lowest BCUT2D eigenvalue weighted by Gasteiger charge is -2.05. The van der Waals surface area contributed by atoms with Crippen LogP contribution in [0.3, 0.4) is 0 Å². The maximum absolute atomic E-state index is 9.36. The van der Waals surface area contributed by atoms with Crippen molar-refractivity contribution in [3.8, 4) is 5.75 Å². The van der Waals surface area contributed by atoms with Gasteiger partial charge in [-0.15, -0.1) is 0 Å². The summed E-state index contributed by atoms with van der Waals surface area (Å²) in [4.78, 5) is 2.40.